The first-order chi connectivity index (χ1) is 9.95. The fourth-order valence-corrected chi connectivity index (χ4v) is 2.18. The predicted octanol–water partition coefficient (Wildman–Crippen LogP) is 4.10. The lowest BCUT2D eigenvalue weighted by atomic mass is 9.97. The summed E-state index contributed by atoms with van der Waals surface area (Å²) in [5.74, 6) is 0.677. The lowest BCUT2D eigenvalue weighted by Crippen LogP contribution is -2.07. The molecule has 2 nitrogen and oxygen atoms in total. The first kappa shape index (κ1) is 15.4. The van der Waals surface area contributed by atoms with Crippen LogP contribution in [-0.4, -0.2) is 14.2 Å². The van der Waals surface area contributed by atoms with E-state index >= 15 is 0 Å². The van der Waals surface area contributed by atoms with E-state index in [0.29, 0.717) is 17.9 Å². The summed E-state index contributed by atoms with van der Waals surface area (Å²) in [6.45, 7) is 0.544. The molecule has 0 heterocycles. The van der Waals surface area contributed by atoms with Crippen molar-refractivity contribution < 1.29 is 17.9 Å². The number of hydrogen-bond acceptors (Lipinski definition) is 2. The highest BCUT2D eigenvalue weighted by Crippen LogP contribution is 2.34. The molecule has 2 aromatic rings. The molecule has 112 valence electrons. The normalized spacial score (nSPS) is 11.5. The molecule has 21 heavy (non-hydrogen) atoms. The smallest absolute Gasteiger partial charge is 0.416 e. The summed E-state index contributed by atoms with van der Waals surface area (Å²) in [5.41, 5.74) is 1.54. The van der Waals surface area contributed by atoms with Crippen LogP contribution in [0.3, 0.4) is 0 Å². The average molecular weight is 295 g/mol. The van der Waals surface area contributed by atoms with Gasteiger partial charge in [0.1, 0.15) is 5.75 Å². The molecule has 0 aliphatic rings. The highest BCUT2D eigenvalue weighted by Gasteiger charge is 2.30. The van der Waals surface area contributed by atoms with Gasteiger partial charge in [0, 0.05) is 6.54 Å². The van der Waals surface area contributed by atoms with Crippen LogP contribution in [0.2, 0.25) is 0 Å². The van der Waals surface area contributed by atoms with E-state index in [9.17, 15) is 13.2 Å². The van der Waals surface area contributed by atoms with Crippen LogP contribution in [0.5, 0.6) is 5.75 Å². The van der Waals surface area contributed by atoms with E-state index in [4.69, 9.17) is 4.74 Å². The van der Waals surface area contributed by atoms with Crippen molar-refractivity contribution in [2.45, 2.75) is 12.7 Å². The van der Waals surface area contributed by atoms with Crippen molar-refractivity contribution in [3.63, 3.8) is 0 Å². The Labute approximate surface area is 121 Å². The molecule has 0 unspecified atom stereocenters. The van der Waals surface area contributed by atoms with Gasteiger partial charge in [-0.3, -0.25) is 0 Å². The van der Waals surface area contributed by atoms with Crippen molar-refractivity contribution in [3.05, 3.63) is 53.6 Å². The highest BCUT2D eigenvalue weighted by atomic mass is 19.4. The number of benzene rings is 2. The molecule has 0 aromatic heterocycles. The molecule has 0 atom stereocenters. The number of methoxy groups -OCH3 is 1. The molecule has 0 aliphatic heterocycles. The lowest BCUT2D eigenvalue weighted by Gasteiger charge is -2.13. The Hall–Kier alpha value is -2.01. The molecule has 0 aliphatic carbocycles. The monoisotopic (exact) mass is 295 g/mol. The quantitative estimate of drug-likeness (QED) is 0.917. The summed E-state index contributed by atoms with van der Waals surface area (Å²) in [4.78, 5) is 0. The molecule has 0 saturated heterocycles. The first-order valence-corrected chi connectivity index (χ1v) is 6.45. The Morgan fingerprint density at radius 2 is 1.86 bits per heavy atom. The number of halogens is 3. The van der Waals surface area contributed by atoms with Crippen LogP contribution in [0.4, 0.5) is 13.2 Å². The van der Waals surface area contributed by atoms with Gasteiger partial charge in [-0.1, -0.05) is 18.2 Å². The van der Waals surface area contributed by atoms with Gasteiger partial charge < -0.3 is 10.1 Å². The van der Waals surface area contributed by atoms with Gasteiger partial charge in [0.05, 0.1) is 12.7 Å². The third-order valence-corrected chi connectivity index (χ3v) is 3.18. The van der Waals surface area contributed by atoms with E-state index in [1.807, 2.05) is 6.07 Å². The Bertz CT molecular complexity index is 623. The zero-order chi connectivity index (χ0) is 15.5. The molecule has 2 rings (SSSR count). The van der Waals surface area contributed by atoms with Crippen molar-refractivity contribution in [2.75, 3.05) is 14.2 Å². The summed E-state index contributed by atoms with van der Waals surface area (Å²) in [5, 5.41) is 3.01. The van der Waals surface area contributed by atoms with Gasteiger partial charge in [-0.25, -0.2) is 0 Å². The Morgan fingerprint density at radius 1 is 1.10 bits per heavy atom. The van der Waals surface area contributed by atoms with E-state index in [0.717, 1.165) is 17.2 Å². The first-order valence-electron chi connectivity index (χ1n) is 6.45. The molecule has 1 N–H and O–H groups in total. The van der Waals surface area contributed by atoms with Crippen molar-refractivity contribution in [3.8, 4) is 16.9 Å². The minimum atomic E-state index is -4.34. The molecule has 0 fully saturated rings. The van der Waals surface area contributed by atoms with Crippen LogP contribution in [0.25, 0.3) is 11.1 Å². The van der Waals surface area contributed by atoms with E-state index in [1.54, 1.807) is 32.4 Å². The van der Waals surface area contributed by atoms with E-state index in [2.05, 4.69) is 5.32 Å². The second kappa shape index (κ2) is 6.18. The Morgan fingerprint density at radius 3 is 2.48 bits per heavy atom. The van der Waals surface area contributed by atoms with Gasteiger partial charge in [-0.05, 0) is 48.0 Å². The molecule has 5 heteroatoms. The largest absolute Gasteiger partial charge is 0.497 e. The van der Waals surface area contributed by atoms with Gasteiger partial charge in [0.25, 0.3) is 0 Å². The third-order valence-electron chi connectivity index (χ3n) is 3.18. The third kappa shape index (κ3) is 3.55. The van der Waals surface area contributed by atoms with E-state index in [1.165, 1.54) is 12.1 Å². The summed E-state index contributed by atoms with van der Waals surface area (Å²) in [7, 11) is 3.35. The second-order valence-corrected chi connectivity index (χ2v) is 4.63. The van der Waals surface area contributed by atoms with Crippen LogP contribution in [-0.2, 0) is 12.7 Å². The molecule has 2 aromatic carbocycles. The van der Waals surface area contributed by atoms with Crippen LogP contribution in [0.15, 0.2) is 42.5 Å². The van der Waals surface area contributed by atoms with Crippen molar-refractivity contribution in [1.82, 2.24) is 5.32 Å². The maximum absolute atomic E-state index is 12.8. The fraction of sp³-hybridized carbons (Fsp3) is 0.250. The minimum absolute atomic E-state index is 0.540. The second-order valence-electron chi connectivity index (χ2n) is 4.63. The zero-order valence-electron chi connectivity index (χ0n) is 11.8. The molecule has 0 spiro atoms. The zero-order valence-corrected chi connectivity index (χ0v) is 11.8. The summed E-state index contributed by atoms with van der Waals surface area (Å²) in [6.07, 6.45) is -4.34. The number of alkyl halides is 3. The van der Waals surface area contributed by atoms with Gasteiger partial charge >= 0.3 is 6.18 Å². The SMILES string of the molecule is CNCc1cc(OC)ccc1-c1cccc(C(F)(F)F)c1. The predicted molar refractivity (Wildman–Crippen MR) is 76.2 cm³/mol. The summed E-state index contributed by atoms with van der Waals surface area (Å²) in [6, 6.07) is 10.7. The average Bonchev–Trinajstić information content (AvgIpc) is 2.47. The molecule has 0 amide bonds. The Kier molecular flexibility index (Phi) is 4.53. The highest BCUT2D eigenvalue weighted by molar-refractivity contribution is 5.69. The van der Waals surface area contributed by atoms with Crippen LogP contribution < -0.4 is 10.1 Å². The fourth-order valence-electron chi connectivity index (χ4n) is 2.18. The number of hydrogen-bond donors (Lipinski definition) is 1. The van der Waals surface area contributed by atoms with Crippen LogP contribution in [0.1, 0.15) is 11.1 Å². The van der Waals surface area contributed by atoms with Gasteiger partial charge in [0.2, 0.25) is 0 Å². The van der Waals surface area contributed by atoms with Gasteiger partial charge in [0.15, 0.2) is 0 Å². The molecule has 0 radical (unpaired) electrons. The molecule has 0 saturated carbocycles. The molecular formula is C16H16F3NO. The Balaban J connectivity index is 2.50. The number of rotatable bonds is 4. The van der Waals surface area contributed by atoms with Crippen LogP contribution >= 0.6 is 0 Å². The van der Waals surface area contributed by atoms with E-state index in [-0.39, 0.29) is 0 Å². The maximum atomic E-state index is 12.8. The van der Waals surface area contributed by atoms with Crippen LogP contribution in [0, 0.1) is 0 Å². The van der Waals surface area contributed by atoms with Crippen molar-refractivity contribution in [2.24, 2.45) is 0 Å². The van der Waals surface area contributed by atoms with Gasteiger partial charge in [-0.2, -0.15) is 13.2 Å². The summed E-state index contributed by atoms with van der Waals surface area (Å²) >= 11 is 0. The standard InChI is InChI=1S/C16H16F3NO/c1-20-10-12-9-14(21-2)6-7-15(12)11-4-3-5-13(8-11)16(17,18)19/h3-9,20H,10H2,1-2H3. The topological polar surface area (TPSA) is 21.3 Å². The molecular weight excluding hydrogens is 279 g/mol. The molecule has 0 bridgehead atoms. The van der Waals surface area contributed by atoms with Crippen molar-refractivity contribution >= 4 is 0 Å². The van der Waals surface area contributed by atoms with E-state index < -0.39 is 11.7 Å². The minimum Gasteiger partial charge on any atom is -0.497 e. The maximum Gasteiger partial charge on any atom is 0.416 e. The van der Waals surface area contributed by atoms with Gasteiger partial charge in [-0.15, -0.1) is 0 Å². The lowest BCUT2D eigenvalue weighted by molar-refractivity contribution is -0.137. The summed E-state index contributed by atoms with van der Waals surface area (Å²) < 4.78 is 43.6. The number of ether oxygens (including phenoxy) is 1. The number of nitrogens with one attached hydrogen (secondary N) is 1. The van der Waals surface area contributed by atoms with Crippen molar-refractivity contribution in [1.29, 1.82) is 0 Å².